The molecule has 24 heavy (non-hydrogen) atoms. The van der Waals surface area contributed by atoms with Gasteiger partial charge in [0.15, 0.2) is 11.5 Å². The highest BCUT2D eigenvalue weighted by atomic mass is 16.6. The van der Waals surface area contributed by atoms with Crippen molar-refractivity contribution in [3.05, 3.63) is 42.2 Å². The molecule has 126 valence electrons. The molecule has 1 aliphatic heterocycles. The second-order valence-electron chi connectivity index (χ2n) is 5.39. The zero-order chi connectivity index (χ0) is 16.9. The Balaban J connectivity index is 1.71. The molecule has 1 aliphatic rings. The summed E-state index contributed by atoms with van der Waals surface area (Å²) in [5.41, 5.74) is 2.14. The van der Waals surface area contributed by atoms with Crippen LogP contribution < -0.4 is 14.8 Å². The van der Waals surface area contributed by atoms with Gasteiger partial charge in [0.25, 0.3) is 5.91 Å². The van der Waals surface area contributed by atoms with Crippen LogP contribution in [0.5, 0.6) is 11.5 Å². The van der Waals surface area contributed by atoms with Gasteiger partial charge in [-0.3, -0.25) is 4.79 Å². The van der Waals surface area contributed by atoms with Crippen LogP contribution in [0.3, 0.4) is 0 Å². The number of aromatic nitrogens is 1. The Hall–Kier alpha value is -2.76. The number of nitrogens with one attached hydrogen (secondary N) is 1. The van der Waals surface area contributed by atoms with Crippen molar-refractivity contribution in [3.63, 3.8) is 0 Å². The van der Waals surface area contributed by atoms with Crippen LogP contribution in [0.1, 0.15) is 24.3 Å². The highest BCUT2D eigenvalue weighted by Crippen LogP contribution is 2.33. The minimum absolute atomic E-state index is 0.0501. The van der Waals surface area contributed by atoms with E-state index in [0.717, 1.165) is 22.9 Å². The van der Waals surface area contributed by atoms with Gasteiger partial charge in [-0.05, 0) is 38.1 Å². The average molecular weight is 327 g/mol. The highest BCUT2D eigenvalue weighted by Gasteiger charge is 2.14. The summed E-state index contributed by atoms with van der Waals surface area (Å²) in [5, 5.41) is 3.25. The Morgan fingerprint density at radius 3 is 2.46 bits per heavy atom. The van der Waals surface area contributed by atoms with Crippen LogP contribution in [0.4, 0.5) is 11.4 Å². The molecule has 0 radical (unpaired) electrons. The quantitative estimate of drug-likeness (QED) is 0.914. The van der Waals surface area contributed by atoms with Gasteiger partial charge in [0, 0.05) is 24.8 Å². The van der Waals surface area contributed by atoms with Crippen molar-refractivity contribution in [1.82, 2.24) is 9.88 Å². The molecule has 3 rings (SSSR count). The van der Waals surface area contributed by atoms with Crippen molar-refractivity contribution in [2.45, 2.75) is 13.8 Å². The van der Waals surface area contributed by atoms with Gasteiger partial charge in [0.05, 0.1) is 11.9 Å². The number of ether oxygens (including phenoxy) is 2. The monoisotopic (exact) mass is 327 g/mol. The second kappa shape index (κ2) is 7.21. The molecule has 6 nitrogen and oxygen atoms in total. The van der Waals surface area contributed by atoms with Gasteiger partial charge in [-0.15, -0.1) is 0 Å². The fraction of sp³-hybridized carbons (Fsp3) is 0.333. The van der Waals surface area contributed by atoms with Crippen molar-refractivity contribution < 1.29 is 14.3 Å². The van der Waals surface area contributed by atoms with E-state index < -0.39 is 0 Å². The van der Waals surface area contributed by atoms with Crippen molar-refractivity contribution in [2.75, 3.05) is 31.6 Å². The number of hydrogen-bond donors (Lipinski definition) is 1. The lowest BCUT2D eigenvalue weighted by molar-refractivity contribution is 0.0767. The molecule has 0 atom stereocenters. The van der Waals surface area contributed by atoms with Crippen LogP contribution >= 0.6 is 0 Å². The number of fused-ring (bicyclic) bond motifs is 1. The van der Waals surface area contributed by atoms with Crippen LogP contribution in [0.2, 0.25) is 0 Å². The number of amides is 1. The summed E-state index contributed by atoms with van der Waals surface area (Å²) in [4.78, 5) is 18.3. The largest absolute Gasteiger partial charge is 0.486 e. The Bertz CT molecular complexity index is 712. The molecule has 1 amide bonds. The van der Waals surface area contributed by atoms with Crippen molar-refractivity contribution in [3.8, 4) is 11.5 Å². The van der Waals surface area contributed by atoms with Crippen molar-refractivity contribution in [1.29, 1.82) is 0 Å². The molecule has 6 heteroatoms. The van der Waals surface area contributed by atoms with Gasteiger partial charge in [0.2, 0.25) is 0 Å². The number of rotatable bonds is 5. The first-order valence-electron chi connectivity index (χ1n) is 8.13. The van der Waals surface area contributed by atoms with E-state index in [1.807, 2.05) is 38.1 Å². The molecule has 0 aliphatic carbocycles. The number of carbonyl (C=O) groups excluding carboxylic acids is 1. The number of nitrogens with zero attached hydrogens (tertiary/aromatic N) is 2. The molecule has 1 N–H and O–H groups in total. The van der Waals surface area contributed by atoms with E-state index in [1.54, 1.807) is 17.2 Å². The molecule has 0 saturated carbocycles. The second-order valence-corrected chi connectivity index (χ2v) is 5.39. The molecule has 1 aromatic heterocycles. The van der Waals surface area contributed by atoms with Gasteiger partial charge < -0.3 is 19.7 Å². The first-order chi connectivity index (χ1) is 11.7. The summed E-state index contributed by atoms with van der Waals surface area (Å²) in [6.07, 6.45) is 1.66. The maximum absolute atomic E-state index is 12.2. The first-order valence-corrected chi connectivity index (χ1v) is 8.13. The van der Waals surface area contributed by atoms with Crippen molar-refractivity contribution in [2.24, 2.45) is 0 Å². The van der Waals surface area contributed by atoms with Crippen LogP contribution in [-0.2, 0) is 0 Å². The third-order valence-electron chi connectivity index (χ3n) is 3.86. The number of benzene rings is 1. The summed E-state index contributed by atoms with van der Waals surface area (Å²) in [6, 6.07) is 9.27. The van der Waals surface area contributed by atoms with Crippen LogP contribution in [0.15, 0.2) is 36.5 Å². The summed E-state index contributed by atoms with van der Waals surface area (Å²) in [6.45, 7) is 6.40. The summed E-state index contributed by atoms with van der Waals surface area (Å²) < 4.78 is 11.1. The zero-order valence-electron chi connectivity index (χ0n) is 13.9. The number of pyridine rings is 1. The van der Waals surface area contributed by atoms with Crippen molar-refractivity contribution >= 4 is 17.3 Å². The van der Waals surface area contributed by atoms with Gasteiger partial charge in [-0.1, -0.05) is 0 Å². The molecule has 0 unspecified atom stereocenters. The normalized spacial score (nSPS) is 12.6. The molecule has 0 bridgehead atoms. The number of hydrogen-bond acceptors (Lipinski definition) is 5. The summed E-state index contributed by atoms with van der Waals surface area (Å²) in [5.74, 6) is 1.43. The average Bonchev–Trinajstić information content (AvgIpc) is 2.63. The molecular weight excluding hydrogens is 306 g/mol. The Kier molecular flexibility index (Phi) is 4.84. The number of carbonyl (C=O) groups is 1. The summed E-state index contributed by atoms with van der Waals surface area (Å²) in [7, 11) is 0. The van der Waals surface area contributed by atoms with Crippen LogP contribution in [-0.4, -0.2) is 42.1 Å². The Morgan fingerprint density at radius 1 is 1.08 bits per heavy atom. The molecule has 0 spiro atoms. The predicted octanol–water partition coefficient (Wildman–Crippen LogP) is 3.08. The first kappa shape index (κ1) is 16.1. The fourth-order valence-electron chi connectivity index (χ4n) is 2.55. The van der Waals surface area contributed by atoms with Gasteiger partial charge in [0.1, 0.15) is 18.9 Å². The van der Waals surface area contributed by atoms with E-state index >= 15 is 0 Å². The minimum atomic E-state index is -0.0501. The molecule has 1 aromatic carbocycles. The van der Waals surface area contributed by atoms with E-state index in [2.05, 4.69) is 10.3 Å². The Morgan fingerprint density at radius 2 is 1.79 bits per heavy atom. The highest BCUT2D eigenvalue weighted by molar-refractivity contribution is 5.92. The molecule has 2 heterocycles. The van der Waals surface area contributed by atoms with E-state index in [9.17, 15) is 4.79 Å². The standard InChI is InChI=1S/C18H21N3O3/c1-3-21(4-2)18(22)15-7-5-14(12-19-15)20-13-6-8-16-17(11-13)24-10-9-23-16/h5-8,11-12,20H,3-4,9-10H2,1-2H3. The Labute approximate surface area is 141 Å². The topological polar surface area (TPSA) is 63.7 Å². The zero-order valence-corrected chi connectivity index (χ0v) is 13.9. The third-order valence-corrected chi connectivity index (χ3v) is 3.86. The van der Waals surface area contributed by atoms with E-state index in [0.29, 0.717) is 32.0 Å². The van der Waals surface area contributed by atoms with E-state index in [1.165, 1.54) is 0 Å². The fourth-order valence-corrected chi connectivity index (χ4v) is 2.55. The maximum atomic E-state index is 12.2. The van der Waals surface area contributed by atoms with E-state index in [-0.39, 0.29) is 5.91 Å². The lowest BCUT2D eigenvalue weighted by Crippen LogP contribution is -2.31. The lowest BCUT2D eigenvalue weighted by atomic mass is 10.2. The number of anilines is 2. The lowest BCUT2D eigenvalue weighted by Gasteiger charge is -2.19. The van der Waals surface area contributed by atoms with Crippen LogP contribution in [0.25, 0.3) is 0 Å². The SMILES string of the molecule is CCN(CC)C(=O)c1ccc(Nc2ccc3c(c2)OCCO3)cn1. The third kappa shape index (κ3) is 3.42. The predicted molar refractivity (Wildman–Crippen MR) is 92.2 cm³/mol. The molecule has 0 fully saturated rings. The maximum Gasteiger partial charge on any atom is 0.272 e. The van der Waals surface area contributed by atoms with Crippen LogP contribution in [0, 0.1) is 0 Å². The smallest absolute Gasteiger partial charge is 0.272 e. The minimum Gasteiger partial charge on any atom is -0.486 e. The summed E-state index contributed by atoms with van der Waals surface area (Å²) >= 11 is 0. The molecular formula is C18H21N3O3. The van der Waals surface area contributed by atoms with E-state index in [4.69, 9.17) is 9.47 Å². The van der Waals surface area contributed by atoms with Gasteiger partial charge in [-0.25, -0.2) is 4.98 Å². The van der Waals surface area contributed by atoms with Gasteiger partial charge >= 0.3 is 0 Å². The molecule has 0 saturated heterocycles. The van der Waals surface area contributed by atoms with Gasteiger partial charge in [-0.2, -0.15) is 0 Å². The molecule has 2 aromatic rings.